The van der Waals surface area contributed by atoms with E-state index < -0.39 is 0 Å². The van der Waals surface area contributed by atoms with Gasteiger partial charge in [-0.15, -0.1) is 0 Å². The van der Waals surface area contributed by atoms with Gasteiger partial charge in [-0.1, -0.05) is 54.7 Å². The van der Waals surface area contributed by atoms with Gasteiger partial charge in [0, 0.05) is 25.2 Å². The molecule has 4 heteroatoms. The molecule has 2 aromatic rings. The highest BCUT2D eigenvalue weighted by Crippen LogP contribution is 2.17. The number of anilines is 1. The molecule has 3 N–H and O–H groups in total. The van der Waals surface area contributed by atoms with E-state index in [2.05, 4.69) is 17.0 Å². The lowest BCUT2D eigenvalue weighted by atomic mass is 10.1. The van der Waals surface area contributed by atoms with Crippen molar-refractivity contribution in [3.8, 4) is 0 Å². The molecule has 0 bridgehead atoms. The maximum absolute atomic E-state index is 9.10. The second-order valence-corrected chi connectivity index (χ2v) is 5.47. The highest BCUT2D eigenvalue weighted by Gasteiger charge is 2.07. The number of nitrogens with zero attached hydrogens (tertiary/aromatic N) is 1. The van der Waals surface area contributed by atoms with Crippen LogP contribution in [0.5, 0.6) is 0 Å². The molecule has 0 aliphatic carbocycles. The summed E-state index contributed by atoms with van der Waals surface area (Å²) in [5, 5.41) is 9.10. The van der Waals surface area contributed by atoms with Crippen molar-refractivity contribution in [3.63, 3.8) is 0 Å². The van der Waals surface area contributed by atoms with Crippen molar-refractivity contribution in [2.24, 2.45) is 5.73 Å². The third-order valence-corrected chi connectivity index (χ3v) is 3.53. The zero-order valence-corrected chi connectivity index (χ0v) is 12.7. The lowest BCUT2D eigenvalue weighted by molar-refractivity contribution is 0.282. The van der Waals surface area contributed by atoms with Gasteiger partial charge in [0.15, 0.2) is 0 Å². The second-order valence-electron chi connectivity index (χ2n) is 4.95. The largest absolute Gasteiger partial charge is 0.393 e. The number of hydrogen-bond donors (Lipinski definition) is 2. The third kappa shape index (κ3) is 4.85. The highest BCUT2D eigenvalue weighted by molar-refractivity contribution is 7.80. The third-order valence-electron chi connectivity index (χ3n) is 3.33. The van der Waals surface area contributed by atoms with Gasteiger partial charge in [0.1, 0.15) is 0 Å². The number of hydrogen-bond acceptors (Lipinski definition) is 3. The number of aliphatic hydroxyl groups excluding tert-OH is 1. The van der Waals surface area contributed by atoms with Gasteiger partial charge < -0.3 is 15.7 Å². The molecule has 0 atom stereocenters. The maximum Gasteiger partial charge on any atom is 0.0745 e. The van der Waals surface area contributed by atoms with Crippen molar-refractivity contribution in [1.29, 1.82) is 0 Å². The molecular weight excluding hydrogens is 280 g/mol. The normalized spacial score (nSPS) is 10.3. The van der Waals surface area contributed by atoms with Crippen molar-refractivity contribution in [2.75, 3.05) is 11.4 Å². The first-order valence-electron chi connectivity index (χ1n) is 6.96. The molecule has 0 saturated carbocycles. The van der Waals surface area contributed by atoms with Crippen LogP contribution in [0.25, 0.3) is 0 Å². The first kappa shape index (κ1) is 15.5. The Kier molecular flexibility index (Phi) is 5.72. The molecule has 2 aromatic carbocycles. The molecule has 0 aromatic heterocycles. The van der Waals surface area contributed by atoms with Crippen molar-refractivity contribution >= 4 is 22.9 Å². The molecule has 0 aliphatic heterocycles. The lowest BCUT2D eigenvalue weighted by Crippen LogP contribution is -2.27. The Balaban J connectivity index is 2.12. The summed E-state index contributed by atoms with van der Waals surface area (Å²) in [5.74, 6) is 0. The van der Waals surface area contributed by atoms with Crippen molar-refractivity contribution in [1.82, 2.24) is 0 Å². The number of para-hydroxylation sites is 1. The Bertz CT molecular complexity index is 569. The summed E-state index contributed by atoms with van der Waals surface area (Å²) in [6.07, 6.45) is 0.693. The molecular formula is C17H20N2OS. The second kappa shape index (κ2) is 7.76. The Labute approximate surface area is 131 Å². The lowest BCUT2D eigenvalue weighted by Gasteiger charge is -2.25. The monoisotopic (exact) mass is 300 g/mol. The van der Waals surface area contributed by atoms with Crippen LogP contribution < -0.4 is 10.6 Å². The summed E-state index contributed by atoms with van der Waals surface area (Å²) < 4.78 is 0. The fourth-order valence-corrected chi connectivity index (χ4v) is 2.25. The number of thiocarbonyl (C=S) groups is 1. The zero-order valence-electron chi connectivity index (χ0n) is 11.9. The van der Waals surface area contributed by atoms with E-state index in [4.69, 9.17) is 23.1 Å². The van der Waals surface area contributed by atoms with Crippen LogP contribution in [-0.4, -0.2) is 16.6 Å². The molecule has 0 amide bonds. The first-order chi connectivity index (χ1) is 10.2. The predicted molar refractivity (Wildman–Crippen MR) is 91.3 cm³/mol. The van der Waals surface area contributed by atoms with Crippen molar-refractivity contribution in [2.45, 2.75) is 19.6 Å². The molecule has 0 unspecified atom stereocenters. The maximum atomic E-state index is 9.10. The van der Waals surface area contributed by atoms with Crippen LogP contribution in [0.3, 0.4) is 0 Å². The highest BCUT2D eigenvalue weighted by atomic mass is 32.1. The van der Waals surface area contributed by atoms with Gasteiger partial charge in [-0.2, -0.15) is 0 Å². The predicted octanol–water partition coefficient (Wildman–Crippen LogP) is 2.86. The number of nitrogens with two attached hydrogens (primary N) is 1. The van der Waals surface area contributed by atoms with E-state index in [9.17, 15) is 0 Å². The summed E-state index contributed by atoms with van der Waals surface area (Å²) in [5.41, 5.74) is 8.90. The molecule has 0 radical (unpaired) electrons. The molecule has 0 heterocycles. The number of aliphatic hydroxyl groups is 1. The summed E-state index contributed by atoms with van der Waals surface area (Å²) in [7, 11) is 0. The Hall–Kier alpha value is -1.91. The number of benzene rings is 2. The molecule has 0 saturated heterocycles. The SMILES string of the molecule is NC(=S)CCN(Cc1ccc(CO)cc1)c1ccccc1. The molecule has 2 rings (SSSR count). The van der Waals surface area contributed by atoms with Crippen LogP contribution in [-0.2, 0) is 13.2 Å². The average molecular weight is 300 g/mol. The van der Waals surface area contributed by atoms with E-state index in [-0.39, 0.29) is 6.61 Å². The fourth-order valence-electron chi connectivity index (χ4n) is 2.15. The van der Waals surface area contributed by atoms with E-state index in [1.54, 1.807) is 0 Å². The van der Waals surface area contributed by atoms with Crippen molar-refractivity contribution < 1.29 is 5.11 Å². The van der Waals surface area contributed by atoms with Crippen LogP contribution in [0.15, 0.2) is 54.6 Å². The van der Waals surface area contributed by atoms with Gasteiger partial charge in [-0.25, -0.2) is 0 Å². The van der Waals surface area contributed by atoms with E-state index in [0.717, 1.165) is 24.3 Å². The van der Waals surface area contributed by atoms with Crippen LogP contribution in [0.2, 0.25) is 0 Å². The summed E-state index contributed by atoms with van der Waals surface area (Å²) in [6, 6.07) is 18.2. The minimum absolute atomic E-state index is 0.0735. The molecule has 0 spiro atoms. The number of rotatable bonds is 7. The van der Waals surface area contributed by atoms with E-state index >= 15 is 0 Å². The fraction of sp³-hybridized carbons (Fsp3) is 0.235. The molecule has 21 heavy (non-hydrogen) atoms. The Morgan fingerprint density at radius 1 is 1.00 bits per heavy atom. The quantitative estimate of drug-likeness (QED) is 0.772. The molecule has 3 nitrogen and oxygen atoms in total. The van der Waals surface area contributed by atoms with Gasteiger partial charge in [-0.05, 0) is 23.3 Å². The average Bonchev–Trinajstić information content (AvgIpc) is 2.52. The topological polar surface area (TPSA) is 49.5 Å². The minimum atomic E-state index is 0.0735. The zero-order chi connectivity index (χ0) is 15.1. The first-order valence-corrected chi connectivity index (χ1v) is 7.37. The molecule has 0 aliphatic rings. The van der Waals surface area contributed by atoms with Crippen LogP contribution >= 0.6 is 12.2 Å². The summed E-state index contributed by atoms with van der Waals surface area (Å²) >= 11 is 4.98. The van der Waals surface area contributed by atoms with Gasteiger partial charge in [0.25, 0.3) is 0 Å². The van der Waals surface area contributed by atoms with Gasteiger partial charge >= 0.3 is 0 Å². The van der Waals surface area contributed by atoms with Crippen LogP contribution in [0, 0.1) is 0 Å². The summed E-state index contributed by atoms with van der Waals surface area (Å²) in [4.78, 5) is 2.79. The van der Waals surface area contributed by atoms with E-state index in [1.807, 2.05) is 42.5 Å². The smallest absolute Gasteiger partial charge is 0.0745 e. The van der Waals surface area contributed by atoms with Gasteiger partial charge in [-0.3, -0.25) is 0 Å². The van der Waals surface area contributed by atoms with Crippen LogP contribution in [0.4, 0.5) is 5.69 Å². The van der Waals surface area contributed by atoms with E-state index in [0.29, 0.717) is 11.4 Å². The Morgan fingerprint density at radius 3 is 2.19 bits per heavy atom. The van der Waals surface area contributed by atoms with Crippen LogP contribution in [0.1, 0.15) is 17.5 Å². The Morgan fingerprint density at radius 2 is 1.62 bits per heavy atom. The molecule has 0 fully saturated rings. The standard InChI is InChI=1S/C17H20N2OS/c18-17(21)10-11-19(16-4-2-1-3-5-16)12-14-6-8-15(13-20)9-7-14/h1-9,20H,10-13H2,(H2,18,21). The van der Waals surface area contributed by atoms with E-state index in [1.165, 1.54) is 5.56 Å². The van der Waals surface area contributed by atoms with Crippen molar-refractivity contribution in [3.05, 3.63) is 65.7 Å². The van der Waals surface area contributed by atoms with Gasteiger partial charge in [0.2, 0.25) is 0 Å². The van der Waals surface area contributed by atoms with Gasteiger partial charge in [0.05, 0.1) is 11.6 Å². The minimum Gasteiger partial charge on any atom is -0.393 e. The summed E-state index contributed by atoms with van der Waals surface area (Å²) in [6.45, 7) is 1.66. The molecule has 110 valence electrons.